The number of hydrogen-bond donors (Lipinski definition) is 1. The Bertz CT molecular complexity index is 582. The van der Waals surface area contributed by atoms with E-state index in [1.54, 1.807) is 6.07 Å². The van der Waals surface area contributed by atoms with Crippen LogP contribution in [0.1, 0.15) is 38.1 Å². The van der Waals surface area contributed by atoms with E-state index in [1.165, 1.54) is 12.1 Å². The molecule has 6 heteroatoms. The van der Waals surface area contributed by atoms with Crippen LogP contribution in [-0.2, 0) is 0 Å². The van der Waals surface area contributed by atoms with Gasteiger partial charge in [0.1, 0.15) is 0 Å². The molecule has 1 aromatic carbocycles. The molecule has 0 aliphatic heterocycles. The van der Waals surface area contributed by atoms with Gasteiger partial charge in [-0.3, -0.25) is 14.9 Å². The van der Waals surface area contributed by atoms with E-state index in [0.717, 1.165) is 0 Å². The Morgan fingerprint density at radius 1 is 1.30 bits per heavy atom. The van der Waals surface area contributed by atoms with Crippen LogP contribution in [0.3, 0.4) is 0 Å². The highest BCUT2D eigenvalue weighted by molar-refractivity contribution is 9.10. The van der Waals surface area contributed by atoms with Crippen molar-refractivity contribution < 1.29 is 9.72 Å². The Kier molecular flexibility index (Phi) is 3.40. The molecule has 2 rings (SSSR count). The molecule has 0 heterocycles. The minimum Gasteiger partial charge on any atom is -0.348 e. The lowest BCUT2D eigenvalue weighted by Gasteiger charge is -2.07. The second-order valence-electron chi connectivity index (χ2n) is 6.27. The Balaban J connectivity index is 2.20. The number of carbonyl (C=O) groups is 1. The largest absolute Gasteiger partial charge is 0.348 e. The summed E-state index contributed by atoms with van der Waals surface area (Å²) >= 11 is 3.11. The summed E-state index contributed by atoms with van der Waals surface area (Å²) in [6, 6.07) is 4.47. The fourth-order valence-corrected chi connectivity index (χ4v) is 2.96. The molecule has 1 fully saturated rings. The highest BCUT2D eigenvalue weighted by Gasteiger charge is 2.65. The van der Waals surface area contributed by atoms with Crippen LogP contribution in [0.5, 0.6) is 0 Å². The summed E-state index contributed by atoms with van der Waals surface area (Å²) in [5.74, 6) is -0.274. The van der Waals surface area contributed by atoms with E-state index < -0.39 is 4.92 Å². The molecule has 0 saturated heterocycles. The van der Waals surface area contributed by atoms with Crippen LogP contribution in [0.4, 0.5) is 5.69 Å². The summed E-state index contributed by atoms with van der Waals surface area (Å²) in [7, 11) is 0. The topological polar surface area (TPSA) is 72.2 Å². The molecule has 0 radical (unpaired) electrons. The fourth-order valence-electron chi connectivity index (χ4n) is 2.57. The van der Waals surface area contributed by atoms with Gasteiger partial charge in [0.25, 0.3) is 11.6 Å². The van der Waals surface area contributed by atoms with Crippen LogP contribution in [-0.4, -0.2) is 16.9 Å². The lowest BCUT2D eigenvalue weighted by molar-refractivity contribution is -0.385. The van der Waals surface area contributed by atoms with Gasteiger partial charge in [-0.25, -0.2) is 0 Å². The number of carbonyl (C=O) groups excluding carboxylic acids is 1. The Hall–Kier alpha value is -1.43. The van der Waals surface area contributed by atoms with Gasteiger partial charge in [0.05, 0.1) is 9.40 Å². The molecule has 1 aliphatic rings. The smallest absolute Gasteiger partial charge is 0.284 e. The van der Waals surface area contributed by atoms with Crippen LogP contribution < -0.4 is 5.32 Å². The van der Waals surface area contributed by atoms with Crippen LogP contribution >= 0.6 is 15.9 Å². The molecular weight excluding hydrogens is 324 g/mol. The molecule has 1 N–H and O–H groups in total. The number of nitro benzene ring substituents is 1. The summed E-state index contributed by atoms with van der Waals surface area (Å²) in [6.45, 7) is 8.40. The minimum atomic E-state index is -0.508. The molecule has 108 valence electrons. The van der Waals surface area contributed by atoms with E-state index in [2.05, 4.69) is 48.9 Å². The highest BCUT2D eigenvalue weighted by Crippen LogP contribution is 2.62. The van der Waals surface area contributed by atoms with Crippen LogP contribution in [0.15, 0.2) is 22.7 Å². The zero-order valence-corrected chi connectivity index (χ0v) is 13.4. The number of nitro groups is 1. The van der Waals surface area contributed by atoms with Gasteiger partial charge in [-0.05, 0) is 38.9 Å². The van der Waals surface area contributed by atoms with E-state index >= 15 is 0 Å². The summed E-state index contributed by atoms with van der Waals surface area (Å²) < 4.78 is 0.367. The van der Waals surface area contributed by atoms with Crippen molar-refractivity contribution in [3.8, 4) is 0 Å². The first-order valence-electron chi connectivity index (χ1n) is 6.34. The number of halogens is 1. The van der Waals surface area contributed by atoms with Crippen LogP contribution in [0.25, 0.3) is 0 Å². The van der Waals surface area contributed by atoms with Crippen molar-refractivity contribution in [3.63, 3.8) is 0 Å². The van der Waals surface area contributed by atoms with Gasteiger partial charge in [0.2, 0.25) is 0 Å². The van der Waals surface area contributed by atoms with Gasteiger partial charge in [-0.2, -0.15) is 0 Å². The molecule has 1 aromatic rings. The third-order valence-electron chi connectivity index (χ3n) is 4.70. The van der Waals surface area contributed by atoms with Crippen molar-refractivity contribution in [1.82, 2.24) is 5.32 Å². The van der Waals surface area contributed by atoms with Crippen molar-refractivity contribution in [2.75, 3.05) is 0 Å². The molecular formula is C14H17BrN2O3. The minimum absolute atomic E-state index is 0.0317. The van der Waals surface area contributed by atoms with E-state index in [9.17, 15) is 14.9 Å². The highest BCUT2D eigenvalue weighted by atomic mass is 79.9. The van der Waals surface area contributed by atoms with E-state index in [-0.39, 0.29) is 28.5 Å². The molecule has 1 saturated carbocycles. The summed E-state index contributed by atoms with van der Waals surface area (Å²) in [5, 5.41) is 13.8. The number of nitrogens with one attached hydrogen (secondary N) is 1. The van der Waals surface area contributed by atoms with Gasteiger partial charge in [0.15, 0.2) is 0 Å². The summed E-state index contributed by atoms with van der Waals surface area (Å²) in [4.78, 5) is 22.6. The number of rotatable bonds is 3. The fraction of sp³-hybridized carbons (Fsp3) is 0.500. The van der Waals surface area contributed by atoms with Gasteiger partial charge >= 0.3 is 0 Å². The van der Waals surface area contributed by atoms with Crippen LogP contribution in [0.2, 0.25) is 0 Å². The SMILES string of the molecule is CC1(C)C(NC(=O)c2ccc(Br)c([N+](=O)[O-])c2)C1(C)C. The molecule has 1 amide bonds. The molecule has 1 aliphatic carbocycles. The van der Waals surface area contributed by atoms with Crippen LogP contribution in [0, 0.1) is 20.9 Å². The number of benzene rings is 1. The van der Waals surface area contributed by atoms with Crippen molar-refractivity contribution in [1.29, 1.82) is 0 Å². The standard InChI is InChI=1S/C14H17BrN2O3/c1-13(2)12(14(13,3)4)16-11(18)8-5-6-9(15)10(7-8)17(19)20/h5-7,12H,1-4H3,(H,16,18). The first-order valence-corrected chi connectivity index (χ1v) is 7.13. The Labute approximate surface area is 126 Å². The molecule has 0 bridgehead atoms. The lowest BCUT2D eigenvalue weighted by atomic mass is 10.0. The van der Waals surface area contributed by atoms with Crippen molar-refractivity contribution in [3.05, 3.63) is 38.3 Å². The third kappa shape index (κ3) is 2.22. The third-order valence-corrected chi connectivity index (χ3v) is 5.37. The molecule has 0 atom stereocenters. The van der Waals surface area contributed by atoms with Gasteiger partial charge in [0, 0.05) is 17.7 Å². The summed E-state index contributed by atoms with van der Waals surface area (Å²) in [5.41, 5.74) is 0.263. The predicted octanol–water partition coefficient (Wildman–Crippen LogP) is 3.52. The zero-order valence-electron chi connectivity index (χ0n) is 11.9. The average molecular weight is 341 g/mol. The maximum Gasteiger partial charge on any atom is 0.284 e. The first kappa shape index (κ1) is 15.0. The number of nitrogens with zero attached hydrogens (tertiary/aromatic N) is 1. The van der Waals surface area contributed by atoms with E-state index in [1.807, 2.05) is 0 Å². The predicted molar refractivity (Wildman–Crippen MR) is 79.6 cm³/mol. The summed E-state index contributed by atoms with van der Waals surface area (Å²) in [6.07, 6.45) is 0. The zero-order chi connectivity index (χ0) is 15.3. The second-order valence-corrected chi connectivity index (χ2v) is 7.13. The molecule has 0 spiro atoms. The number of hydrogen-bond acceptors (Lipinski definition) is 3. The first-order chi connectivity index (χ1) is 9.09. The number of amides is 1. The normalized spacial score (nSPS) is 19.4. The molecule has 0 aromatic heterocycles. The van der Waals surface area contributed by atoms with Crippen molar-refractivity contribution in [2.24, 2.45) is 10.8 Å². The molecule has 5 nitrogen and oxygen atoms in total. The maximum absolute atomic E-state index is 12.2. The van der Waals surface area contributed by atoms with Gasteiger partial charge in [-0.15, -0.1) is 0 Å². The maximum atomic E-state index is 12.2. The van der Waals surface area contributed by atoms with E-state index in [0.29, 0.717) is 10.0 Å². The average Bonchev–Trinajstić information content (AvgIpc) is 2.71. The molecule has 20 heavy (non-hydrogen) atoms. The van der Waals surface area contributed by atoms with Crippen molar-refractivity contribution in [2.45, 2.75) is 33.7 Å². The van der Waals surface area contributed by atoms with E-state index in [4.69, 9.17) is 0 Å². The lowest BCUT2D eigenvalue weighted by Crippen LogP contribution is -2.29. The van der Waals surface area contributed by atoms with Crippen molar-refractivity contribution >= 4 is 27.5 Å². The molecule has 0 unspecified atom stereocenters. The quantitative estimate of drug-likeness (QED) is 0.675. The Morgan fingerprint density at radius 2 is 1.85 bits per heavy atom. The van der Waals surface area contributed by atoms with Gasteiger partial charge < -0.3 is 5.32 Å². The van der Waals surface area contributed by atoms with Gasteiger partial charge in [-0.1, -0.05) is 27.7 Å². The monoisotopic (exact) mass is 340 g/mol. The Morgan fingerprint density at radius 3 is 2.30 bits per heavy atom. The second kappa shape index (κ2) is 4.55.